The summed E-state index contributed by atoms with van der Waals surface area (Å²) in [6, 6.07) is 8.72. The van der Waals surface area contributed by atoms with Crippen molar-refractivity contribution in [3.8, 4) is 11.5 Å². The van der Waals surface area contributed by atoms with Crippen molar-refractivity contribution < 1.29 is 42.8 Å². The summed E-state index contributed by atoms with van der Waals surface area (Å²) in [6.07, 6.45) is -3.62. The van der Waals surface area contributed by atoms with Gasteiger partial charge in [-0.2, -0.15) is 0 Å². The molecule has 8 nitrogen and oxygen atoms in total. The third-order valence-electron chi connectivity index (χ3n) is 7.32. The molecule has 38 heavy (non-hydrogen) atoms. The number of hydrogen-bond donors (Lipinski definition) is 4. The topological polar surface area (TPSA) is 113 Å². The van der Waals surface area contributed by atoms with Crippen LogP contribution in [0.3, 0.4) is 0 Å². The summed E-state index contributed by atoms with van der Waals surface area (Å²) in [6.45, 7) is 3.30. The molecule has 0 spiro atoms. The number of fused-ring (bicyclic) bond motifs is 2. The van der Waals surface area contributed by atoms with Crippen LogP contribution < -0.4 is 14.8 Å². The van der Waals surface area contributed by atoms with Gasteiger partial charge in [-0.25, -0.2) is 4.39 Å². The van der Waals surface area contributed by atoms with E-state index in [1.54, 1.807) is 10.6 Å². The highest BCUT2D eigenvalue weighted by atomic mass is 19.3. The second-order valence-corrected chi connectivity index (χ2v) is 10.6. The Hall–Kier alpha value is -3.28. The largest absolute Gasteiger partial charge is 0.586 e. The highest BCUT2D eigenvalue weighted by Crippen LogP contribution is 2.52. The van der Waals surface area contributed by atoms with Crippen LogP contribution in [0.1, 0.15) is 44.4 Å². The van der Waals surface area contributed by atoms with Gasteiger partial charge in [0.05, 0.1) is 29.3 Å². The standard InChI is InChI=1S/C27H29F3N2O6/c1-25(2,14-34)23-10-15-9-19(18(28)12-20(15)32(23)13-17(35)5-8-33)31-24(36)26(6-7-26)16-3-4-21-22(11-16)38-27(29,30)37-21/h3-4,9-12,17,33-35H,5-8,13-14H2,1-2H3,(H,31,36)/t17-/m0/s1. The van der Waals surface area contributed by atoms with Crippen molar-refractivity contribution in [2.24, 2.45) is 0 Å². The monoisotopic (exact) mass is 534 g/mol. The molecule has 0 radical (unpaired) electrons. The number of anilines is 1. The first-order valence-corrected chi connectivity index (χ1v) is 12.3. The highest BCUT2D eigenvalue weighted by Gasteiger charge is 2.53. The lowest BCUT2D eigenvalue weighted by Crippen LogP contribution is -2.28. The number of alkyl halides is 2. The Kier molecular flexibility index (Phi) is 6.36. The maximum Gasteiger partial charge on any atom is 0.586 e. The van der Waals surface area contributed by atoms with E-state index in [4.69, 9.17) is 0 Å². The number of hydrogen-bond acceptors (Lipinski definition) is 6. The van der Waals surface area contributed by atoms with Gasteiger partial charge in [0.15, 0.2) is 11.5 Å². The van der Waals surface area contributed by atoms with Gasteiger partial charge in [-0.3, -0.25) is 4.79 Å². The fraction of sp³-hybridized carbons (Fsp3) is 0.444. The Labute approximate surface area is 216 Å². The van der Waals surface area contributed by atoms with E-state index in [0.717, 1.165) is 0 Å². The fourth-order valence-electron chi connectivity index (χ4n) is 4.93. The summed E-state index contributed by atoms with van der Waals surface area (Å²) in [7, 11) is 0. The highest BCUT2D eigenvalue weighted by molar-refractivity contribution is 6.02. The van der Waals surface area contributed by atoms with Gasteiger partial charge >= 0.3 is 6.29 Å². The first-order chi connectivity index (χ1) is 17.9. The van der Waals surface area contributed by atoms with Crippen molar-refractivity contribution >= 4 is 22.5 Å². The summed E-state index contributed by atoms with van der Waals surface area (Å²) in [5.74, 6) is -1.46. The Morgan fingerprint density at radius 1 is 1.13 bits per heavy atom. The van der Waals surface area contributed by atoms with Crippen molar-refractivity contribution in [1.29, 1.82) is 0 Å². The average Bonchev–Trinajstić information content (AvgIpc) is 3.50. The van der Waals surface area contributed by atoms with E-state index in [9.17, 15) is 28.9 Å². The number of nitrogens with one attached hydrogen (secondary N) is 1. The number of ether oxygens (including phenoxy) is 2. The maximum absolute atomic E-state index is 15.3. The van der Waals surface area contributed by atoms with Crippen LogP contribution >= 0.6 is 0 Å². The zero-order valence-electron chi connectivity index (χ0n) is 20.9. The first-order valence-electron chi connectivity index (χ1n) is 12.3. The minimum absolute atomic E-state index is 0.0533. The molecule has 3 aromatic rings. The molecule has 0 unspecified atom stereocenters. The van der Waals surface area contributed by atoms with Crippen LogP contribution in [-0.2, 0) is 22.2 Å². The van der Waals surface area contributed by atoms with Crippen molar-refractivity contribution in [2.75, 3.05) is 18.5 Å². The number of carbonyl (C=O) groups is 1. The fourth-order valence-corrected chi connectivity index (χ4v) is 4.93. The third-order valence-corrected chi connectivity index (χ3v) is 7.32. The van der Waals surface area contributed by atoms with Crippen LogP contribution in [0.25, 0.3) is 10.9 Å². The van der Waals surface area contributed by atoms with Gasteiger partial charge in [0.1, 0.15) is 5.82 Å². The van der Waals surface area contributed by atoms with E-state index in [1.165, 1.54) is 30.3 Å². The van der Waals surface area contributed by atoms with Gasteiger partial charge in [-0.1, -0.05) is 19.9 Å². The van der Waals surface area contributed by atoms with Crippen molar-refractivity contribution in [1.82, 2.24) is 4.57 Å². The first kappa shape index (κ1) is 26.3. The number of aliphatic hydroxyl groups is 3. The number of halogens is 3. The van der Waals surface area contributed by atoms with E-state index in [0.29, 0.717) is 35.0 Å². The molecule has 2 aromatic carbocycles. The number of carbonyl (C=O) groups excluding carboxylic acids is 1. The van der Waals surface area contributed by atoms with E-state index in [1.807, 2.05) is 13.8 Å². The molecule has 1 amide bonds. The van der Waals surface area contributed by atoms with Gasteiger partial charge in [0, 0.05) is 35.7 Å². The Morgan fingerprint density at radius 2 is 1.84 bits per heavy atom. The van der Waals surface area contributed by atoms with Crippen molar-refractivity contribution in [3.63, 3.8) is 0 Å². The van der Waals surface area contributed by atoms with E-state index < -0.39 is 35.0 Å². The number of aromatic nitrogens is 1. The molecule has 1 aliphatic carbocycles. The van der Waals surface area contributed by atoms with Gasteiger partial charge in [-0.15, -0.1) is 8.78 Å². The molecule has 1 aliphatic heterocycles. The van der Waals surface area contributed by atoms with Crippen LogP contribution in [0.4, 0.5) is 18.9 Å². The molecule has 1 atom stereocenters. The Balaban J connectivity index is 1.46. The number of aliphatic hydroxyl groups excluding tert-OH is 3. The van der Waals surface area contributed by atoms with Gasteiger partial charge < -0.3 is 34.7 Å². The Morgan fingerprint density at radius 3 is 2.50 bits per heavy atom. The van der Waals surface area contributed by atoms with Crippen LogP contribution in [0.15, 0.2) is 36.4 Å². The van der Waals surface area contributed by atoms with Gasteiger partial charge in [0.25, 0.3) is 0 Å². The molecule has 2 heterocycles. The SMILES string of the molecule is CC(C)(CO)c1cc2cc(NC(=O)C3(c4ccc5c(c4)OC(F)(F)O5)CC3)c(F)cc2n1C[C@@H](O)CCO. The zero-order chi connectivity index (χ0) is 27.5. The molecule has 0 saturated heterocycles. The molecule has 4 N–H and O–H groups in total. The second-order valence-electron chi connectivity index (χ2n) is 10.6. The lowest BCUT2D eigenvalue weighted by atomic mass is 9.90. The number of amides is 1. The number of nitrogens with zero attached hydrogens (tertiary/aromatic N) is 1. The van der Waals surface area contributed by atoms with Crippen LogP contribution in [-0.4, -0.2) is 51.4 Å². The predicted molar refractivity (Wildman–Crippen MR) is 132 cm³/mol. The molecule has 1 saturated carbocycles. The quantitative estimate of drug-likeness (QED) is 0.332. The molecule has 204 valence electrons. The third kappa shape index (κ3) is 4.59. The maximum atomic E-state index is 15.3. The summed E-state index contributed by atoms with van der Waals surface area (Å²) in [5.41, 5.74) is -0.193. The van der Waals surface area contributed by atoms with Crippen LogP contribution in [0.5, 0.6) is 11.5 Å². The molecule has 0 bridgehead atoms. The predicted octanol–water partition coefficient (Wildman–Crippen LogP) is 3.79. The summed E-state index contributed by atoms with van der Waals surface area (Å²) < 4.78 is 52.8. The van der Waals surface area contributed by atoms with Crippen molar-refractivity contribution in [2.45, 2.75) is 62.9 Å². The number of rotatable bonds is 9. The normalized spacial score (nSPS) is 18.0. The van der Waals surface area contributed by atoms with Crippen molar-refractivity contribution in [3.05, 3.63) is 53.5 Å². The molecule has 2 aliphatic rings. The Bertz CT molecular complexity index is 1400. The van der Waals surface area contributed by atoms with Crippen LogP contribution in [0, 0.1) is 5.82 Å². The smallest absolute Gasteiger partial charge is 0.396 e. The molecule has 11 heteroatoms. The lowest BCUT2D eigenvalue weighted by molar-refractivity contribution is -0.286. The summed E-state index contributed by atoms with van der Waals surface area (Å²) in [5, 5.41) is 32.7. The molecular weight excluding hydrogens is 505 g/mol. The molecular formula is C27H29F3N2O6. The molecule has 1 aromatic heterocycles. The molecule has 5 rings (SSSR count). The van der Waals surface area contributed by atoms with Gasteiger partial charge in [0.2, 0.25) is 5.91 Å². The van der Waals surface area contributed by atoms with E-state index >= 15 is 4.39 Å². The summed E-state index contributed by atoms with van der Waals surface area (Å²) >= 11 is 0. The summed E-state index contributed by atoms with van der Waals surface area (Å²) in [4.78, 5) is 13.3. The van der Waals surface area contributed by atoms with Gasteiger partial charge in [-0.05, 0) is 49.1 Å². The molecule has 1 fully saturated rings. The van der Waals surface area contributed by atoms with E-state index in [-0.39, 0.29) is 43.4 Å². The number of benzene rings is 2. The minimum Gasteiger partial charge on any atom is -0.396 e. The van der Waals surface area contributed by atoms with Crippen LogP contribution in [0.2, 0.25) is 0 Å². The zero-order valence-corrected chi connectivity index (χ0v) is 20.9. The minimum atomic E-state index is -3.77. The second kappa shape index (κ2) is 9.18. The lowest BCUT2D eigenvalue weighted by Gasteiger charge is -2.25. The van der Waals surface area contributed by atoms with E-state index in [2.05, 4.69) is 14.8 Å². The average molecular weight is 535 g/mol.